The van der Waals surface area contributed by atoms with Crippen molar-refractivity contribution in [2.45, 2.75) is 0 Å². The summed E-state index contributed by atoms with van der Waals surface area (Å²) in [5.74, 6) is 0.420. The first-order chi connectivity index (χ1) is 10.2. The summed E-state index contributed by atoms with van der Waals surface area (Å²) in [5, 5.41) is 0. The van der Waals surface area contributed by atoms with Crippen LogP contribution in [-0.2, 0) is 9.53 Å². The predicted octanol–water partition coefficient (Wildman–Crippen LogP) is 3.86. The first-order valence-corrected chi connectivity index (χ1v) is 7.69. The van der Waals surface area contributed by atoms with E-state index in [-0.39, 0.29) is 11.6 Å². The zero-order chi connectivity index (χ0) is 14.8. The number of hydrogen-bond acceptors (Lipinski definition) is 5. The maximum absolute atomic E-state index is 11.9. The highest BCUT2D eigenvalue weighted by molar-refractivity contribution is 9.11. The number of nitrogens with zero attached hydrogens (tertiary/aromatic N) is 1. The quantitative estimate of drug-likeness (QED) is 0.614. The number of para-hydroxylation sites is 1. The number of halogens is 1. The van der Waals surface area contributed by atoms with Gasteiger partial charge in [0.25, 0.3) is 0 Å². The molecule has 4 nitrogen and oxygen atoms in total. The van der Waals surface area contributed by atoms with Gasteiger partial charge in [0.2, 0.25) is 5.90 Å². The van der Waals surface area contributed by atoms with Gasteiger partial charge in [0.05, 0.1) is 16.5 Å². The Morgan fingerprint density at radius 3 is 2.81 bits per heavy atom. The molecule has 2 heterocycles. The first kappa shape index (κ1) is 14.0. The molecule has 0 N–H and O–H groups in total. The van der Waals surface area contributed by atoms with Gasteiger partial charge in [-0.05, 0) is 46.3 Å². The highest BCUT2D eigenvalue weighted by Crippen LogP contribution is 2.28. The van der Waals surface area contributed by atoms with Crippen LogP contribution in [0, 0.1) is 0 Å². The molecular weight excluding hydrogens is 354 g/mol. The number of cyclic esters (lactones) is 1. The van der Waals surface area contributed by atoms with E-state index >= 15 is 0 Å². The highest BCUT2D eigenvalue weighted by Gasteiger charge is 2.26. The summed E-state index contributed by atoms with van der Waals surface area (Å²) in [6.45, 7) is 0. The second-order valence-corrected chi connectivity index (χ2v) is 6.67. The van der Waals surface area contributed by atoms with Gasteiger partial charge in [0.1, 0.15) is 5.75 Å². The summed E-state index contributed by atoms with van der Waals surface area (Å²) in [4.78, 5) is 17.1. The number of thiophene rings is 1. The molecule has 0 aliphatic carbocycles. The van der Waals surface area contributed by atoms with Crippen molar-refractivity contribution in [3.05, 3.63) is 56.3 Å². The summed E-state index contributed by atoms with van der Waals surface area (Å²) in [6.07, 6.45) is 1.71. The van der Waals surface area contributed by atoms with Gasteiger partial charge in [0, 0.05) is 4.88 Å². The molecule has 1 aliphatic rings. The number of carbonyl (C=O) groups is 1. The largest absolute Gasteiger partial charge is 0.496 e. The number of hydrogen-bond donors (Lipinski definition) is 0. The molecule has 3 rings (SSSR count). The molecule has 21 heavy (non-hydrogen) atoms. The Bertz CT molecular complexity index is 764. The average Bonchev–Trinajstić information content (AvgIpc) is 3.06. The minimum atomic E-state index is -0.458. The van der Waals surface area contributed by atoms with Crippen LogP contribution in [0.1, 0.15) is 10.4 Å². The van der Waals surface area contributed by atoms with Gasteiger partial charge in [-0.3, -0.25) is 0 Å². The van der Waals surface area contributed by atoms with E-state index in [1.54, 1.807) is 25.3 Å². The number of ether oxygens (including phenoxy) is 2. The van der Waals surface area contributed by atoms with Crippen LogP contribution in [0.2, 0.25) is 0 Å². The van der Waals surface area contributed by atoms with Crippen LogP contribution < -0.4 is 4.74 Å². The van der Waals surface area contributed by atoms with E-state index in [9.17, 15) is 4.79 Å². The van der Waals surface area contributed by atoms with E-state index < -0.39 is 5.97 Å². The number of rotatable bonds is 3. The third-order valence-corrected chi connectivity index (χ3v) is 4.40. The van der Waals surface area contributed by atoms with E-state index in [2.05, 4.69) is 20.9 Å². The minimum Gasteiger partial charge on any atom is -0.496 e. The van der Waals surface area contributed by atoms with Gasteiger partial charge >= 0.3 is 5.97 Å². The average molecular weight is 364 g/mol. The molecule has 106 valence electrons. The van der Waals surface area contributed by atoms with E-state index in [4.69, 9.17) is 9.47 Å². The Labute approximate surface area is 133 Å². The fraction of sp³-hybridized carbons (Fsp3) is 0.0667. The van der Waals surface area contributed by atoms with Gasteiger partial charge < -0.3 is 9.47 Å². The summed E-state index contributed by atoms with van der Waals surface area (Å²) < 4.78 is 11.5. The molecule has 0 spiro atoms. The number of methoxy groups -OCH3 is 1. The van der Waals surface area contributed by atoms with E-state index in [0.29, 0.717) is 11.3 Å². The zero-order valence-corrected chi connectivity index (χ0v) is 13.4. The van der Waals surface area contributed by atoms with Crippen molar-refractivity contribution >= 4 is 45.2 Å². The monoisotopic (exact) mass is 363 g/mol. The van der Waals surface area contributed by atoms with E-state index in [0.717, 1.165) is 8.66 Å². The first-order valence-electron chi connectivity index (χ1n) is 6.08. The molecule has 1 aromatic carbocycles. The lowest BCUT2D eigenvalue weighted by Gasteiger charge is -2.05. The molecule has 0 atom stereocenters. The maximum atomic E-state index is 11.9. The zero-order valence-electron chi connectivity index (χ0n) is 11.0. The van der Waals surface area contributed by atoms with Gasteiger partial charge in [-0.15, -0.1) is 11.3 Å². The predicted molar refractivity (Wildman–Crippen MR) is 85.6 cm³/mol. The molecule has 0 radical (unpaired) electrons. The SMILES string of the molecule is COc1ccccc1C1=N/C(=C/c2ccc(Br)s2)C(=O)O1. The Morgan fingerprint density at radius 2 is 2.10 bits per heavy atom. The van der Waals surface area contributed by atoms with Crippen LogP contribution >= 0.6 is 27.3 Å². The van der Waals surface area contributed by atoms with Gasteiger partial charge in [-0.2, -0.15) is 0 Å². The van der Waals surface area contributed by atoms with Crippen molar-refractivity contribution in [2.75, 3.05) is 7.11 Å². The molecule has 0 saturated heterocycles. The maximum Gasteiger partial charge on any atom is 0.363 e. The fourth-order valence-corrected chi connectivity index (χ4v) is 3.25. The van der Waals surface area contributed by atoms with Crippen molar-refractivity contribution in [1.82, 2.24) is 0 Å². The molecule has 0 saturated carbocycles. The van der Waals surface area contributed by atoms with Crippen LogP contribution in [0.5, 0.6) is 5.75 Å². The van der Waals surface area contributed by atoms with Crippen LogP contribution in [0.15, 0.2) is 50.9 Å². The Kier molecular flexibility index (Phi) is 3.90. The van der Waals surface area contributed by atoms with Gasteiger partial charge in [-0.25, -0.2) is 9.79 Å². The van der Waals surface area contributed by atoms with Crippen LogP contribution in [0.3, 0.4) is 0 Å². The Balaban J connectivity index is 1.97. The number of esters is 1. The lowest BCUT2D eigenvalue weighted by atomic mass is 10.2. The summed E-state index contributed by atoms with van der Waals surface area (Å²) in [5.41, 5.74) is 0.939. The van der Waals surface area contributed by atoms with Gasteiger partial charge in [0.15, 0.2) is 5.70 Å². The number of benzene rings is 1. The molecule has 6 heteroatoms. The van der Waals surface area contributed by atoms with Crippen LogP contribution in [0.25, 0.3) is 6.08 Å². The van der Waals surface area contributed by atoms with Crippen molar-refractivity contribution in [1.29, 1.82) is 0 Å². The van der Waals surface area contributed by atoms with Crippen LogP contribution in [0.4, 0.5) is 0 Å². The normalized spacial score (nSPS) is 16.0. The molecule has 0 bridgehead atoms. The molecule has 1 aliphatic heterocycles. The number of aliphatic imine (C=N–C) groups is 1. The van der Waals surface area contributed by atoms with Crippen molar-refractivity contribution in [3.63, 3.8) is 0 Å². The summed E-state index contributed by atoms with van der Waals surface area (Å²) in [6, 6.07) is 11.1. The third kappa shape index (κ3) is 2.91. The highest BCUT2D eigenvalue weighted by atomic mass is 79.9. The van der Waals surface area contributed by atoms with E-state index in [1.807, 2.05) is 24.3 Å². The molecule has 0 fully saturated rings. The minimum absolute atomic E-state index is 0.263. The number of carbonyl (C=O) groups excluding carboxylic acids is 1. The van der Waals surface area contributed by atoms with E-state index in [1.165, 1.54) is 11.3 Å². The second kappa shape index (κ2) is 5.83. The summed E-state index contributed by atoms with van der Waals surface area (Å²) >= 11 is 4.90. The molecule has 0 unspecified atom stereocenters. The lowest BCUT2D eigenvalue weighted by Crippen LogP contribution is -2.06. The topological polar surface area (TPSA) is 47.9 Å². The summed E-state index contributed by atoms with van der Waals surface area (Å²) in [7, 11) is 1.57. The Morgan fingerprint density at radius 1 is 1.29 bits per heavy atom. The molecule has 0 amide bonds. The lowest BCUT2D eigenvalue weighted by molar-refractivity contribution is -0.129. The van der Waals surface area contributed by atoms with Gasteiger partial charge in [-0.1, -0.05) is 12.1 Å². The third-order valence-electron chi connectivity index (χ3n) is 2.83. The molecule has 2 aromatic rings. The van der Waals surface area contributed by atoms with Crippen molar-refractivity contribution in [2.24, 2.45) is 4.99 Å². The van der Waals surface area contributed by atoms with Crippen LogP contribution in [-0.4, -0.2) is 19.0 Å². The Hall–Kier alpha value is -1.92. The molecule has 1 aromatic heterocycles. The smallest absolute Gasteiger partial charge is 0.363 e. The second-order valence-electron chi connectivity index (χ2n) is 4.18. The molecular formula is C15H10BrNO3S. The fourth-order valence-electron chi connectivity index (χ4n) is 1.89. The standard InChI is InChI=1S/C15H10BrNO3S/c1-19-12-5-3-2-4-10(12)14-17-11(15(18)20-14)8-9-6-7-13(16)21-9/h2-8H,1H3/b11-8+. The van der Waals surface area contributed by atoms with Crippen molar-refractivity contribution < 1.29 is 14.3 Å². The van der Waals surface area contributed by atoms with Crippen molar-refractivity contribution in [3.8, 4) is 5.75 Å².